The quantitative estimate of drug-likeness (QED) is 0.0202. The first-order valence-electron chi connectivity index (χ1n) is 46.6. The zero-order valence-corrected chi connectivity index (χ0v) is 77.4. The van der Waals surface area contributed by atoms with Crippen LogP contribution in [0.15, 0.2) is 95.2 Å². The van der Waals surface area contributed by atoms with Gasteiger partial charge in [-0.15, -0.1) is 0 Å². The van der Waals surface area contributed by atoms with Crippen molar-refractivity contribution in [3.8, 4) is 0 Å². The van der Waals surface area contributed by atoms with Crippen LogP contribution in [0.1, 0.15) is 293 Å². The van der Waals surface area contributed by atoms with Crippen molar-refractivity contribution in [3.63, 3.8) is 0 Å². The summed E-state index contributed by atoms with van der Waals surface area (Å²) in [5.74, 6) is 5.67. The highest BCUT2D eigenvalue weighted by Crippen LogP contribution is 2.51. The number of fused-ring (bicyclic) bond motifs is 4. The fourth-order valence-electron chi connectivity index (χ4n) is 20.0. The van der Waals surface area contributed by atoms with Gasteiger partial charge >= 0.3 is 47.8 Å². The van der Waals surface area contributed by atoms with Crippen molar-refractivity contribution >= 4 is 47.8 Å². The normalized spacial score (nSPS) is 33.4. The maximum Gasteiger partial charge on any atom is 0.327 e. The van der Waals surface area contributed by atoms with Crippen LogP contribution in [0.3, 0.4) is 0 Å². The number of hydrogen-bond acceptors (Lipinski definition) is 22. The number of hydrogen-bond donors (Lipinski definition) is 6. The van der Waals surface area contributed by atoms with Crippen molar-refractivity contribution in [2.45, 2.75) is 366 Å². The van der Waals surface area contributed by atoms with Crippen LogP contribution < -0.4 is 5.90 Å². The summed E-state index contributed by atoms with van der Waals surface area (Å²) in [6, 6.07) is 0. The molecule has 8 aliphatic carbocycles. The number of allylic oxidation sites excluding steroid dienone is 12. The molecule has 0 aromatic heterocycles. The van der Waals surface area contributed by atoms with E-state index in [0.717, 1.165) is 57.8 Å². The van der Waals surface area contributed by atoms with E-state index in [2.05, 4.69) is 133 Å². The Hall–Kier alpha value is -6.56. The largest absolute Gasteiger partial charge is 0.462 e. The van der Waals surface area contributed by atoms with Crippen LogP contribution in [-0.4, -0.2) is 147 Å². The Labute approximate surface area is 729 Å². The van der Waals surface area contributed by atoms with Crippen molar-refractivity contribution < 1.29 is 102 Å². The molecule has 0 aromatic carbocycles. The molecule has 0 amide bonds. The van der Waals surface area contributed by atoms with E-state index in [-0.39, 0.29) is 170 Å². The van der Waals surface area contributed by atoms with Gasteiger partial charge in [-0.1, -0.05) is 156 Å². The Kier molecular flexibility index (Phi) is 37.0. The molecule has 7 N–H and O–H groups in total. The number of aliphatic hydroxyl groups is 5. The highest BCUT2D eigenvalue weighted by molar-refractivity contribution is 5.78. The van der Waals surface area contributed by atoms with Crippen LogP contribution in [-0.2, 0) is 76.4 Å². The average molecular weight is 1710 g/mol. The summed E-state index contributed by atoms with van der Waals surface area (Å²) < 4.78 is 41.8. The zero-order valence-electron chi connectivity index (χ0n) is 77.4. The topological polar surface area (TPSA) is 338 Å². The Morgan fingerprint density at radius 3 is 0.984 bits per heavy atom. The number of esters is 7. The molecular formula is C100H155NO21. The predicted octanol–water partition coefficient (Wildman–Crippen LogP) is 17.2. The average Bonchev–Trinajstić information content (AvgIpc) is 0.791. The number of aliphatic hydroxyl groups excluding tert-OH is 5. The molecule has 10 rings (SSSR count). The maximum atomic E-state index is 13.2. The molecule has 0 spiro atoms. The first-order valence-corrected chi connectivity index (χ1v) is 46.6. The van der Waals surface area contributed by atoms with Gasteiger partial charge < -0.3 is 63.5 Å². The van der Waals surface area contributed by atoms with Crippen LogP contribution in [0.5, 0.6) is 0 Å². The Bertz CT molecular complexity index is 3800. The van der Waals surface area contributed by atoms with Gasteiger partial charge in [0.2, 0.25) is 0 Å². The molecule has 28 atom stereocenters. The molecule has 22 nitrogen and oxygen atoms in total. The molecule has 2 saturated heterocycles. The Morgan fingerprint density at radius 1 is 0.402 bits per heavy atom. The van der Waals surface area contributed by atoms with Gasteiger partial charge in [-0.25, -0.2) is 0 Å². The summed E-state index contributed by atoms with van der Waals surface area (Å²) >= 11 is 0. The summed E-state index contributed by atoms with van der Waals surface area (Å²) in [7, 11) is 0. The van der Waals surface area contributed by atoms with Crippen LogP contribution in [0, 0.1) is 116 Å². The van der Waals surface area contributed by atoms with Crippen LogP contribution in [0.2, 0.25) is 0 Å². The monoisotopic (exact) mass is 1710 g/mol. The molecule has 2 aliphatic heterocycles. The molecule has 686 valence electrons. The van der Waals surface area contributed by atoms with E-state index in [4.69, 9.17) is 39.1 Å². The number of cyclic esters (lactones) is 2. The molecule has 0 saturated carbocycles. The molecule has 0 radical (unpaired) electrons. The third kappa shape index (κ3) is 27.7. The van der Waals surface area contributed by atoms with E-state index in [0.29, 0.717) is 81.5 Å². The van der Waals surface area contributed by atoms with Crippen molar-refractivity contribution in [2.24, 2.45) is 122 Å². The van der Waals surface area contributed by atoms with E-state index in [1.165, 1.54) is 22.3 Å². The lowest BCUT2D eigenvalue weighted by molar-refractivity contribution is -0.172. The summed E-state index contributed by atoms with van der Waals surface area (Å²) in [6.07, 6.45) is 32.1. The second-order valence-electron chi connectivity index (χ2n) is 41.0. The first kappa shape index (κ1) is 101. The van der Waals surface area contributed by atoms with Gasteiger partial charge in [0.1, 0.15) is 42.7 Å². The van der Waals surface area contributed by atoms with E-state index in [9.17, 15) is 63.9 Å². The zero-order chi connectivity index (χ0) is 90.2. The van der Waals surface area contributed by atoms with Crippen LogP contribution in [0.4, 0.5) is 0 Å². The minimum absolute atomic E-state index is 0.0194. The van der Waals surface area contributed by atoms with Gasteiger partial charge in [0.15, 0.2) is 0 Å². The smallest absolute Gasteiger partial charge is 0.327 e. The van der Waals surface area contributed by atoms with Gasteiger partial charge in [0, 0.05) is 36.5 Å². The van der Waals surface area contributed by atoms with Gasteiger partial charge in [-0.2, -0.15) is 5.90 Å². The van der Waals surface area contributed by atoms with E-state index in [1.54, 1.807) is 0 Å². The molecule has 2 heterocycles. The Morgan fingerprint density at radius 2 is 0.689 bits per heavy atom. The standard InChI is InChI=1S/C50H76O10.C25H41NO6.C25H38O5/c1-11-49(7,8)47(55)59-41-23-29(3)21-33-15-13-31(5)39(45(33)41)19-17-35(51)25-36(52)26-43(53)58-38-27-37(57-44(54)28-38)18-20-40-32(6)14-16-34-22-30(4)24-42(46(34)40)60-48(56)50(9,10)12-2;1-6-25(4,5)24(30)31-21-12-15(2)11-17-8-7-16(3)20(23(17)21)10-9-18(27)13-19(28)14-22(29)32-26;1-6-25(4,5)24(28)30-21-12-15(2)11-17-8-7-16(3)20(23(17)21)10-9-19-13-18(26)14-22(27)29-19/h13-16,21-22,29-32,35-42,45-46,51-52H,11-12,17-20,23-28H2,1-10H3;7-8,11,15-16,18-21,23,27-28H,6,9-10,12-14,26H2,1-5H3;7-8,11,15-16,18-21,23,26H,6,9-10,12-14H2,1-5H3/t29-,30-,31-,32-,35+,36+,37?,38+,39-,40-,41-,42-,45-,46-;15-,16-,18+,19+,20-,21-,23-;15-,16-,18+,19?,20-,21-,23-/m000/s1. The first-order chi connectivity index (χ1) is 57.3. The van der Waals surface area contributed by atoms with E-state index < -0.39 is 82.3 Å². The fraction of sp³-hybridized carbons (Fsp3) is 0.760. The molecule has 2 unspecified atom stereocenters. The maximum absolute atomic E-state index is 13.2. The molecule has 10 aliphatic rings. The number of rotatable bonds is 33. The molecular weight excluding hydrogens is 1550 g/mol. The number of carbonyl (C=O) groups is 8. The number of ether oxygens (including phenoxy) is 7. The van der Waals surface area contributed by atoms with Crippen LogP contribution in [0.25, 0.3) is 0 Å². The van der Waals surface area contributed by atoms with Crippen molar-refractivity contribution in [2.75, 3.05) is 0 Å². The van der Waals surface area contributed by atoms with Crippen molar-refractivity contribution in [1.82, 2.24) is 0 Å². The molecule has 22 heteroatoms. The van der Waals surface area contributed by atoms with E-state index in [1.807, 2.05) is 83.1 Å². The van der Waals surface area contributed by atoms with E-state index >= 15 is 0 Å². The minimum Gasteiger partial charge on any atom is -0.462 e. The van der Waals surface area contributed by atoms with Gasteiger partial charge in [0.05, 0.1) is 77.9 Å². The fourth-order valence-corrected chi connectivity index (χ4v) is 20.0. The molecule has 0 bridgehead atoms. The summed E-state index contributed by atoms with van der Waals surface area (Å²) in [6.45, 7) is 40.8. The lowest BCUT2D eigenvalue weighted by Gasteiger charge is -2.44. The molecule has 122 heavy (non-hydrogen) atoms. The highest BCUT2D eigenvalue weighted by atomic mass is 16.7. The van der Waals surface area contributed by atoms with Gasteiger partial charge in [-0.05, 0) is 264 Å². The molecule has 2 fully saturated rings. The van der Waals surface area contributed by atoms with Gasteiger partial charge in [0.25, 0.3) is 0 Å². The lowest BCUT2D eigenvalue weighted by Crippen LogP contribution is -2.43. The lowest BCUT2D eigenvalue weighted by atomic mass is 9.65. The predicted molar refractivity (Wildman–Crippen MR) is 468 cm³/mol. The van der Waals surface area contributed by atoms with Crippen LogP contribution >= 0.6 is 0 Å². The minimum atomic E-state index is -1.11. The number of carbonyl (C=O) groups excluding carboxylic acids is 8. The van der Waals surface area contributed by atoms with Crippen molar-refractivity contribution in [3.05, 3.63) is 95.2 Å². The summed E-state index contributed by atoms with van der Waals surface area (Å²) in [5.41, 5.74) is 2.73. The second-order valence-corrected chi connectivity index (χ2v) is 41.0. The van der Waals surface area contributed by atoms with Crippen molar-refractivity contribution in [1.29, 1.82) is 0 Å². The third-order valence-electron chi connectivity index (χ3n) is 29.2. The third-order valence-corrected chi connectivity index (χ3v) is 29.2. The number of nitrogens with two attached hydrogens (primary N) is 1. The highest BCUT2D eigenvalue weighted by Gasteiger charge is 2.49. The SMILES string of the molecule is CCC(C)(C)C(=O)O[C@H]1C[C@@H](C)C=C2C=C[C@H](C)[C@H](CCC3C[C@@H](O)CC(=O)O3)[C@H]21.CCC(C)(C)C(=O)O[C@H]1C[C@@H](C)C=C2C=C[C@H](C)[C@H](CCC3C[C@@H](OC(=O)C[C@H](O)C[C@H](O)CC[C@@H]4[C@@H]5C(=C[C@H](C)C[C@@H]5OC(=O)C(C)(C)CC)C=C[C@@H]4C)CC(=O)O3)[C@H]21.CCC(C)(C)C(=O)O[C@H]1C[C@@H](C)C=C2C=C[C@H](C)[C@H](CC[C@@H](O)C[C@@H](O)CC(=O)ON)[C@H]21. The molecule has 0 aromatic rings. The Balaban J connectivity index is 0.000000250. The summed E-state index contributed by atoms with van der Waals surface area (Å²) in [4.78, 5) is 105. The second kappa shape index (κ2) is 44.7. The van der Waals surface area contributed by atoms with Gasteiger partial charge in [-0.3, -0.25) is 38.4 Å². The summed E-state index contributed by atoms with van der Waals surface area (Å²) in [5, 5.41) is 52.3.